The van der Waals surface area contributed by atoms with Gasteiger partial charge in [0.1, 0.15) is 0 Å². The maximum Gasteiger partial charge on any atom is 0.0985 e. The summed E-state index contributed by atoms with van der Waals surface area (Å²) < 4.78 is 0. The molecule has 0 spiro atoms. The van der Waals surface area contributed by atoms with Crippen LogP contribution in [0.5, 0.6) is 0 Å². The predicted octanol–water partition coefficient (Wildman–Crippen LogP) is 4.24. The van der Waals surface area contributed by atoms with Gasteiger partial charge in [-0.25, -0.2) is 4.98 Å². The molecule has 1 rings (SSSR count). The van der Waals surface area contributed by atoms with Gasteiger partial charge >= 0.3 is 0 Å². The first kappa shape index (κ1) is 15.6. The molecule has 18 heavy (non-hydrogen) atoms. The Kier molecular flexibility index (Phi) is 4.60. The van der Waals surface area contributed by atoms with E-state index in [2.05, 4.69) is 60.7 Å². The summed E-state index contributed by atoms with van der Waals surface area (Å²) in [5, 5.41) is 4.75. The minimum atomic E-state index is 0.119. The Hall–Kier alpha value is -0.410. The van der Waals surface area contributed by atoms with Crippen molar-refractivity contribution < 1.29 is 0 Å². The van der Waals surface area contributed by atoms with Crippen LogP contribution >= 0.6 is 11.3 Å². The maximum atomic E-state index is 4.91. The summed E-state index contributed by atoms with van der Waals surface area (Å²) in [6.07, 6.45) is 0. The fraction of sp³-hybridized carbons (Fsp3) is 0.800. The van der Waals surface area contributed by atoms with Crippen LogP contribution in [0.25, 0.3) is 0 Å². The topological polar surface area (TPSA) is 24.9 Å². The molecule has 0 amide bonds. The van der Waals surface area contributed by atoms with Gasteiger partial charge in [0.15, 0.2) is 0 Å². The average molecular weight is 268 g/mol. The lowest BCUT2D eigenvalue weighted by molar-refractivity contribution is 0.533. The van der Waals surface area contributed by atoms with Crippen LogP contribution in [0.15, 0.2) is 0 Å². The molecule has 2 nitrogen and oxygen atoms in total. The molecule has 3 heteroatoms. The first-order chi connectivity index (χ1) is 8.01. The van der Waals surface area contributed by atoms with Crippen molar-refractivity contribution in [2.45, 2.75) is 78.8 Å². The van der Waals surface area contributed by atoms with E-state index in [0.29, 0.717) is 6.04 Å². The number of nitrogens with zero attached hydrogens (tertiary/aromatic N) is 1. The van der Waals surface area contributed by atoms with Gasteiger partial charge in [-0.15, -0.1) is 11.3 Å². The molecule has 0 aromatic carbocycles. The van der Waals surface area contributed by atoms with Gasteiger partial charge in [0, 0.05) is 28.3 Å². The van der Waals surface area contributed by atoms with E-state index in [4.69, 9.17) is 4.98 Å². The van der Waals surface area contributed by atoms with Crippen LogP contribution in [-0.4, -0.2) is 11.0 Å². The summed E-state index contributed by atoms with van der Waals surface area (Å²) in [7, 11) is 0. The highest BCUT2D eigenvalue weighted by Crippen LogP contribution is 2.34. The van der Waals surface area contributed by atoms with Gasteiger partial charge in [-0.2, -0.15) is 0 Å². The van der Waals surface area contributed by atoms with Crippen LogP contribution in [0.1, 0.15) is 71.0 Å². The lowest BCUT2D eigenvalue weighted by atomic mass is 9.90. The van der Waals surface area contributed by atoms with E-state index in [9.17, 15) is 0 Å². The standard InChI is InChI=1S/C15H28N2S/c1-10(2)16-9-11-12(14(3,4)5)17-13(18-11)15(6,7)8/h10,16H,9H2,1-8H3. The highest BCUT2D eigenvalue weighted by atomic mass is 32.1. The van der Waals surface area contributed by atoms with Crippen molar-refractivity contribution in [2.24, 2.45) is 0 Å². The summed E-state index contributed by atoms with van der Waals surface area (Å²) >= 11 is 1.86. The number of hydrogen-bond donors (Lipinski definition) is 1. The first-order valence-electron chi connectivity index (χ1n) is 6.76. The second kappa shape index (κ2) is 5.30. The van der Waals surface area contributed by atoms with Crippen molar-refractivity contribution in [3.63, 3.8) is 0 Å². The van der Waals surface area contributed by atoms with E-state index >= 15 is 0 Å². The average Bonchev–Trinajstić information content (AvgIpc) is 2.56. The van der Waals surface area contributed by atoms with Crippen molar-refractivity contribution in [2.75, 3.05) is 0 Å². The van der Waals surface area contributed by atoms with Gasteiger partial charge in [0.2, 0.25) is 0 Å². The largest absolute Gasteiger partial charge is 0.310 e. The van der Waals surface area contributed by atoms with E-state index < -0.39 is 0 Å². The molecule has 1 heterocycles. The van der Waals surface area contributed by atoms with E-state index in [1.807, 2.05) is 11.3 Å². The number of hydrogen-bond acceptors (Lipinski definition) is 3. The molecule has 0 fully saturated rings. The number of nitrogens with one attached hydrogen (secondary N) is 1. The fourth-order valence-corrected chi connectivity index (χ4v) is 2.96. The molecule has 104 valence electrons. The van der Waals surface area contributed by atoms with Crippen molar-refractivity contribution in [3.8, 4) is 0 Å². The van der Waals surface area contributed by atoms with Gasteiger partial charge in [-0.1, -0.05) is 55.4 Å². The van der Waals surface area contributed by atoms with E-state index in [1.165, 1.54) is 15.6 Å². The highest BCUT2D eigenvalue weighted by molar-refractivity contribution is 7.11. The third kappa shape index (κ3) is 4.06. The molecule has 0 aliphatic rings. The molecule has 1 N–H and O–H groups in total. The third-order valence-corrected chi connectivity index (χ3v) is 4.20. The smallest absolute Gasteiger partial charge is 0.0985 e. The Balaban J connectivity index is 3.10. The Bertz CT molecular complexity index is 392. The van der Waals surface area contributed by atoms with Crippen LogP contribution in [0.3, 0.4) is 0 Å². The van der Waals surface area contributed by atoms with Gasteiger partial charge < -0.3 is 5.32 Å². The van der Waals surface area contributed by atoms with Gasteiger partial charge in [-0.3, -0.25) is 0 Å². The lowest BCUT2D eigenvalue weighted by Crippen LogP contribution is -2.24. The Morgan fingerprint density at radius 3 is 2.00 bits per heavy atom. The van der Waals surface area contributed by atoms with Crippen LogP contribution in [-0.2, 0) is 17.4 Å². The monoisotopic (exact) mass is 268 g/mol. The number of aromatic nitrogens is 1. The summed E-state index contributed by atoms with van der Waals surface area (Å²) in [5.41, 5.74) is 1.51. The molecule has 0 aliphatic carbocycles. The minimum absolute atomic E-state index is 0.119. The minimum Gasteiger partial charge on any atom is -0.310 e. The fourth-order valence-electron chi connectivity index (χ4n) is 1.68. The highest BCUT2D eigenvalue weighted by Gasteiger charge is 2.27. The van der Waals surface area contributed by atoms with E-state index in [1.54, 1.807) is 0 Å². The van der Waals surface area contributed by atoms with Crippen LogP contribution in [0.4, 0.5) is 0 Å². The van der Waals surface area contributed by atoms with Crippen molar-refractivity contribution >= 4 is 11.3 Å². The number of thiazole rings is 1. The van der Waals surface area contributed by atoms with Gasteiger partial charge in [0.25, 0.3) is 0 Å². The molecule has 1 aromatic heterocycles. The SMILES string of the molecule is CC(C)NCc1sc(C(C)(C)C)nc1C(C)(C)C. The molecule has 0 saturated carbocycles. The van der Waals surface area contributed by atoms with Crippen LogP contribution in [0, 0.1) is 0 Å². The zero-order chi connectivity index (χ0) is 14.1. The molecule has 0 saturated heterocycles. The normalized spacial score (nSPS) is 13.4. The van der Waals surface area contributed by atoms with Gasteiger partial charge in [0.05, 0.1) is 10.7 Å². The van der Waals surface area contributed by atoms with E-state index in [-0.39, 0.29) is 10.8 Å². The van der Waals surface area contributed by atoms with Crippen LogP contribution < -0.4 is 5.32 Å². The van der Waals surface area contributed by atoms with Gasteiger partial charge in [-0.05, 0) is 0 Å². The Morgan fingerprint density at radius 1 is 1.06 bits per heavy atom. The molecule has 0 aliphatic heterocycles. The molecule has 0 atom stereocenters. The summed E-state index contributed by atoms with van der Waals surface area (Å²) in [4.78, 5) is 6.30. The van der Waals surface area contributed by atoms with Crippen molar-refractivity contribution in [1.82, 2.24) is 10.3 Å². The molecule has 0 radical (unpaired) electrons. The maximum absolute atomic E-state index is 4.91. The lowest BCUT2D eigenvalue weighted by Gasteiger charge is -2.19. The Labute approximate surface area is 116 Å². The first-order valence-corrected chi connectivity index (χ1v) is 7.57. The zero-order valence-electron chi connectivity index (χ0n) is 13.1. The molecular formula is C15H28N2S. The number of rotatable bonds is 3. The zero-order valence-corrected chi connectivity index (χ0v) is 14.0. The van der Waals surface area contributed by atoms with E-state index in [0.717, 1.165) is 6.54 Å². The van der Waals surface area contributed by atoms with Crippen molar-refractivity contribution in [1.29, 1.82) is 0 Å². The van der Waals surface area contributed by atoms with Crippen molar-refractivity contribution in [3.05, 3.63) is 15.6 Å². The third-order valence-electron chi connectivity index (χ3n) is 2.72. The molecule has 1 aromatic rings. The second-order valence-corrected chi connectivity index (χ2v) is 8.41. The Morgan fingerprint density at radius 2 is 1.61 bits per heavy atom. The predicted molar refractivity (Wildman–Crippen MR) is 81.5 cm³/mol. The molecule has 0 unspecified atom stereocenters. The quantitative estimate of drug-likeness (QED) is 0.887. The van der Waals surface area contributed by atoms with Crippen LogP contribution in [0.2, 0.25) is 0 Å². The summed E-state index contributed by atoms with van der Waals surface area (Å²) in [6, 6.07) is 0.512. The molecule has 0 bridgehead atoms. The summed E-state index contributed by atoms with van der Waals surface area (Å²) in [5.74, 6) is 0. The second-order valence-electron chi connectivity index (χ2n) is 7.33. The summed E-state index contributed by atoms with van der Waals surface area (Å²) in [6.45, 7) is 18.7. The molecular weight excluding hydrogens is 240 g/mol.